The lowest BCUT2D eigenvalue weighted by Gasteiger charge is -2.31. The Balaban J connectivity index is 2.01. The van der Waals surface area contributed by atoms with Crippen LogP contribution in [0.1, 0.15) is 43.9 Å². The van der Waals surface area contributed by atoms with Crippen molar-refractivity contribution in [1.82, 2.24) is 10.2 Å². The Morgan fingerprint density at radius 3 is 2.67 bits per heavy atom. The second-order valence-corrected chi connectivity index (χ2v) is 6.05. The smallest absolute Gasteiger partial charge is 0.0589 e. The second-order valence-electron chi connectivity index (χ2n) is 6.05. The van der Waals surface area contributed by atoms with Crippen LogP contribution in [-0.2, 0) is 11.2 Å². The molecular weight excluding hydrogens is 260 g/mol. The average molecular weight is 290 g/mol. The first-order valence-electron chi connectivity index (χ1n) is 8.29. The minimum atomic E-state index is 0.438. The van der Waals surface area contributed by atoms with E-state index in [1.54, 1.807) is 7.11 Å². The molecule has 21 heavy (non-hydrogen) atoms. The van der Waals surface area contributed by atoms with Crippen molar-refractivity contribution < 1.29 is 4.74 Å². The van der Waals surface area contributed by atoms with Gasteiger partial charge in [-0.25, -0.2) is 0 Å². The SMILES string of the molecule is CCc1ccc(C(C)N(CCOC)CC2CCCN2)cc1. The quantitative estimate of drug-likeness (QED) is 0.796. The lowest BCUT2D eigenvalue weighted by molar-refractivity contribution is 0.118. The minimum Gasteiger partial charge on any atom is -0.383 e. The fourth-order valence-electron chi connectivity index (χ4n) is 3.09. The topological polar surface area (TPSA) is 24.5 Å². The van der Waals surface area contributed by atoms with Gasteiger partial charge in [-0.05, 0) is 43.9 Å². The molecular formula is C18H30N2O. The zero-order valence-electron chi connectivity index (χ0n) is 13.8. The van der Waals surface area contributed by atoms with Gasteiger partial charge in [0.05, 0.1) is 6.61 Å². The Morgan fingerprint density at radius 1 is 1.33 bits per heavy atom. The van der Waals surface area contributed by atoms with Crippen molar-refractivity contribution in [2.24, 2.45) is 0 Å². The fourth-order valence-corrected chi connectivity index (χ4v) is 3.09. The number of ether oxygens (including phenoxy) is 1. The van der Waals surface area contributed by atoms with Gasteiger partial charge in [0.1, 0.15) is 0 Å². The zero-order valence-corrected chi connectivity index (χ0v) is 13.8. The van der Waals surface area contributed by atoms with E-state index in [4.69, 9.17) is 4.74 Å². The molecule has 0 aromatic heterocycles. The molecule has 2 unspecified atom stereocenters. The van der Waals surface area contributed by atoms with Gasteiger partial charge >= 0.3 is 0 Å². The van der Waals surface area contributed by atoms with E-state index in [2.05, 4.69) is 48.3 Å². The Labute approximate surface area is 129 Å². The minimum absolute atomic E-state index is 0.438. The molecule has 0 radical (unpaired) electrons. The third-order valence-corrected chi connectivity index (χ3v) is 4.62. The highest BCUT2D eigenvalue weighted by atomic mass is 16.5. The summed E-state index contributed by atoms with van der Waals surface area (Å²) in [7, 11) is 1.78. The van der Waals surface area contributed by atoms with Crippen LogP contribution in [0.2, 0.25) is 0 Å². The molecule has 118 valence electrons. The van der Waals surface area contributed by atoms with E-state index in [0.29, 0.717) is 12.1 Å². The molecule has 1 aliphatic rings. The molecule has 0 spiro atoms. The molecule has 1 saturated heterocycles. The summed E-state index contributed by atoms with van der Waals surface area (Å²) in [6, 6.07) is 10.2. The van der Waals surface area contributed by atoms with Gasteiger partial charge in [-0.2, -0.15) is 0 Å². The molecule has 0 aliphatic carbocycles. The summed E-state index contributed by atoms with van der Waals surface area (Å²) in [5.74, 6) is 0. The van der Waals surface area contributed by atoms with E-state index in [1.807, 2.05) is 0 Å². The van der Waals surface area contributed by atoms with Crippen LogP contribution in [0.3, 0.4) is 0 Å². The summed E-state index contributed by atoms with van der Waals surface area (Å²) in [5.41, 5.74) is 2.81. The summed E-state index contributed by atoms with van der Waals surface area (Å²) in [6.07, 6.45) is 3.71. The van der Waals surface area contributed by atoms with Gasteiger partial charge in [-0.15, -0.1) is 0 Å². The molecule has 1 aromatic rings. The third-order valence-electron chi connectivity index (χ3n) is 4.62. The average Bonchev–Trinajstić information content (AvgIpc) is 3.04. The molecule has 0 saturated carbocycles. The first-order chi connectivity index (χ1) is 10.2. The molecule has 1 aliphatic heterocycles. The predicted molar refractivity (Wildman–Crippen MR) is 88.7 cm³/mol. The highest BCUT2D eigenvalue weighted by Crippen LogP contribution is 2.22. The van der Waals surface area contributed by atoms with Crippen molar-refractivity contribution in [1.29, 1.82) is 0 Å². The maximum atomic E-state index is 5.30. The number of nitrogens with zero attached hydrogens (tertiary/aromatic N) is 1. The van der Waals surface area contributed by atoms with Crippen LogP contribution in [0.25, 0.3) is 0 Å². The van der Waals surface area contributed by atoms with Gasteiger partial charge in [-0.1, -0.05) is 31.2 Å². The van der Waals surface area contributed by atoms with Gasteiger partial charge < -0.3 is 10.1 Å². The van der Waals surface area contributed by atoms with Crippen molar-refractivity contribution in [2.45, 2.75) is 45.2 Å². The monoisotopic (exact) mass is 290 g/mol. The van der Waals surface area contributed by atoms with E-state index < -0.39 is 0 Å². The second kappa shape index (κ2) is 8.52. The summed E-state index contributed by atoms with van der Waals surface area (Å²) >= 11 is 0. The van der Waals surface area contributed by atoms with Gasteiger partial charge in [0.25, 0.3) is 0 Å². The van der Waals surface area contributed by atoms with Crippen molar-refractivity contribution in [3.05, 3.63) is 35.4 Å². The van der Waals surface area contributed by atoms with Crippen LogP contribution in [0.15, 0.2) is 24.3 Å². The number of rotatable bonds is 8. The number of methoxy groups -OCH3 is 1. The summed E-state index contributed by atoms with van der Waals surface area (Å²) in [6.45, 7) is 8.58. The number of benzene rings is 1. The summed E-state index contributed by atoms with van der Waals surface area (Å²) in [4.78, 5) is 2.55. The number of hydrogen-bond acceptors (Lipinski definition) is 3. The third kappa shape index (κ3) is 4.80. The van der Waals surface area contributed by atoms with E-state index in [9.17, 15) is 0 Å². The van der Waals surface area contributed by atoms with Gasteiger partial charge in [0.15, 0.2) is 0 Å². The summed E-state index contributed by atoms with van der Waals surface area (Å²) in [5, 5.41) is 3.61. The Kier molecular flexibility index (Phi) is 6.68. The molecule has 2 atom stereocenters. The molecule has 2 rings (SSSR count). The summed E-state index contributed by atoms with van der Waals surface area (Å²) < 4.78 is 5.30. The van der Waals surface area contributed by atoms with Gasteiger partial charge in [-0.3, -0.25) is 4.90 Å². The van der Waals surface area contributed by atoms with Crippen molar-refractivity contribution >= 4 is 0 Å². The first-order valence-corrected chi connectivity index (χ1v) is 8.29. The van der Waals surface area contributed by atoms with E-state index in [0.717, 1.165) is 26.1 Å². The predicted octanol–water partition coefficient (Wildman–Crippen LogP) is 3.01. The Hall–Kier alpha value is -0.900. The molecule has 0 amide bonds. The fraction of sp³-hybridized carbons (Fsp3) is 0.667. The molecule has 0 bridgehead atoms. The number of hydrogen-bond donors (Lipinski definition) is 1. The van der Waals surface area contributed by atoms with Crippen LogP contribution in [-0.4, -0.2) is 44.3 Å². The van der Waals surface area contributed by atoms with Gasteiger partial charge in [0, 0.05) is 32.3 Å². The number of nitrogens with one attached hydrogen (secondary N) is 1. The lowest BCUT2D eigenvalue weighted by Crippen LogP contribution is -2.40. The molecule has 1 N–H and O–H groups in total. The van der Waals surface area contributed by atoms with Crippen LogP contribution >= 0.6 is 0 Å². The zero-order chi connectivity index (χ0) is 15.1. The standard InChI is InChI=1S/C18H30N2O/c1-4-16-7-9-17(10-8-16)15(2)20(12-13-21-3)14-18-6-5-11-19-18/h7-10,15,18-19H,4-6,11-14H2,1-3H3. The van der Waals surface area contributed by atoms with E-state index >= 15 is 0 Å². The highest BCUT2D eigenvalue weighted by Gasteiger charge is 2.22. The normalized spacial score (nSPS) is 20.1. The maximum Gasteiger partial charge on any atom is 0.0589 e. The molecule has 1 aromatic carbocycles. The van der Waals surface area contributed by atoms with Crippen molar-refractivity contribution in [3.63, 3.8) is 0 Å². The Morgan fingerprint density at radius 2 is 2.10 bits per heavy atom. The maximum absolute atomic E-state index is 5.30. The van der Waals surface area contributed by atoms with Crippen LogP contribution in [0.5, 0.6) is 0 Å². The van der Waals surface area contributed by atoms with Crippen LogP contribution in [0.4, 0.5) is 0 Å². The molecule has 1 heterocycles. The highest BCUT2D eigenvalue weighted by molar-refractivity contribution is 5.24. The molecule has 3 nitrogen and oxygen atoms in total. The first kappa shape index (κ1) is 16.5. The molecule has 3 heteroatoms. The van der Waals surface area contributed by atoms with Crippen molar-refractivity contribution in [3.8, 4) is 0 Å². The van der Waals surface area contributed by atoms with Crippen LogP contribution < -0.4 is 5.32 Å². The van der Waals surface area contributed by atoms with E-state index in [1.165, 1.54) is 30.5 Å². The number of aryl methyl sites for hydroxylation is 1. The Bertz CT molecular complexity index is 398. The molecule has 1 fully saturated rings. The van der Waals surface area contributed by atoms with Crippen molar-refractivity contribution in [2.75, 3.05) is 33.4 Å². The largest absolute Gasteiger partial charge is 0.383 e. The van der Waals surface area contributed by atoms with Crippen LogP contribution in [0, 0.1) is 0 Å². The lowest BCUT2D eigenvalue weighted by atomic mass is 10.0. The van der Waals surface area contributed by atoms with E-state index in [-0.39, 0.29) is 0 Å². The van der Waals surface area contributed by atoms with Gasteiger partial charge in [0.2, 0.25) is 0 Å².